The van der Waals surface area contributed by atoms with Gasteiger partial charge in [0.15, 0.2) is 0 Å². The third-order valence-electron chi connectivity index (χ3n) is 7.76. The van der Waals surface area contributed by atoms with Crippen LogP contribution in [0.3, 0.4) is 0 Å². The molecule has 1 aromatic heterocycles. The van der Waals surface area contributed by atoms with Crippen LogP contribution in [0, 0.1) is 5.82 Å². The number of pyridine rings is 1. The van der Waals surface area contributed by atoms with E-state index in [1.165, 1.54) is 16.4 Å². The number of likely N-dealkylation sites (tertiary alicyclic amines) is 1. The summed E-state index contributed by atoms with van der Waals surface area (Å²) in [5, 5.41) is 4.63. The van der Waals surface area contributed by atoms with Crippen molar-refractivity contribution in [2.75, 3.05) is 13.1 Å². The Bertz CT molecular complexity index is 1380. The van der Waals surface area contributed by atoms with Gasteiger partial charge in [-0.05, 0) is 73.0 Å². The van der Waals surface area contributed by atoms with E-state index in [1.54, 1.807) is 6.07 Å². The molecule has 1 unspecified atom stereocenters. The van der Waals surface area contributed by atoms with E-state index < -0.39 is 17.8 Å². The summed E-state index contributed by atoms with van der Waals surface area (Å²) in [6, 6.07) is 12.5. The molecule has 6 rings (SSSR count). The van der Waals surface area contributed by atoms with E-state index in [9.17, 15) is 18.8 Å². The first-order valence-corrected chi connectivity index (χ1v) is 12.5. The Kier molecular flexibility index (Phi) is 5.76. The molecule has 3 aromatic rings. The van der Waals surface area contributed by atoms with Crippen molar-refractivity contribution in [1.29, 1.82) is 0 Å². The molecule has 0 spiro atoms. The number of amides is 3. The lowest BCUT2D eigenvalue weighted by molar-refractivity contribution is -0.136. The molecule has 3 amide bonds. The van der Waals surface area contributed by atoms with E-state index in [0.717, 1.165) is 54.7 Å². The third kappa shape index (κ3) is 4.15. The molecule has 0 aliphatic carbocycles. The molecule has 2 saturated heterocycles. The van der Waals surface area contributed by atoms with Gasteiger partial charge in [0.1, 0.15) is 11.9 Å². The Morgan fingerprint density at radius 3 is 2.56 bits per heavy atom. The van der Waals surface area contributed by atoms with Crippen molar-refractivity contribution in [3.63, 3.8) is 0 Å². The minimum Gasteiger partial charge on any atom is -0.322 e. The summed E-state index contributed by atoms with van der Waals surface area (Å²) in [5.41, 5.74) is 3.07. The number of hydrogen-bond donors (Lipinski definition) is 1. The zero-order valence-electron chi connectivity index (χ0n) is 19.9. The molecule has 0 saturated carbocycles. The molecule has 4 heterocycles. The number of hydrogen-bond acceptors (Lipinski definition) is 5. The molecule has 1 N–H and O–H groups in total. The number of halogens is 1. The summed E-state index contributed by atoms with van der Waals surface area (Å²) >= 11 is 0. The maximum Gasteiger partial charge on any atom is 0.255 e. The summed E-state index contributed by atoms with van der Waals surface area (Å²) in [5.74, 6) is -1.39. The number of nitrogens with one attached hydrogen (secondary N) is 1. The first kappa shape index (κ1) is 22.8. The highest BCUT2D eigenvalue weighted by atomic mass is 19.1. The molecule has 8 heteroatoms. The van der Waals surface area contributed by atoms with Crippen LogP contribution in [0.25, 0.3) is 10.8 Å². The molecule has 7 nitrogen and oxygen atoms in total. The number of nitrogens with zero attached hydrogens (tertiary/aromatic N) is 3. The number of benzene rings is 2. The number of carbonyl (C=O) groups excluding carboxylic acids is 3. The van der Waals surface area contributed by atoms with E-state index in [4.69, 9.17) is 0 Å². The number of carbonyl (C=O) groups is 3. The monoisotopic (exact) mass is 486 g/mol. The van der Waals surface area contributed by atoms with Gasteiger partial charge in [-0.3, -0.25) is 29.6 Å². The average molecular weight is 487 g/mol. The van der Waals surface area contributed by atoms with Crippen LogP contribution in [0.4, 0.5) is 4.39 Å². The Morgan fingerprint density at radius 1 is 1.00 bits per heavy atom. The Morgan fingerprint density at radius 2 is 1.78 bits per heavy atom. The second-order valence-electron chi connectivity index (χ2n) is 9.99. The smallest absolute Gasteiger partial charge is 0.255 e. The van der Waals surface area contributed by atoms with Crippen LogP contribution in [0.1, 0.15) is 58.8 Å². The van der Waals surface area contributed by atoms with Crippen LogP contribution in [0.15, 0.2) is 48.7 Å². The van der Waals surface area contributed by atoms with Crippen LogP contribution in [-0.4, -0.2) is 51.6 Å². The molecule has 3 aliphatic heterocycles. The van der Waals surface area contributed by atoms with Crippen molar-refractivity contribution >= 4 is 28.5 Å². The second kappa shape index (κ2) is 9.09. The highest BCUT2D eigenvalue weighted by molar-refractivity contribution is 6.05. The maximum atomic E-state index is 14.6. The highest BCUT2D eigenvalue weighted by Gasteiger charge is 2.41. The van der Waals surface area contributed by atoms with Crippen molar-refractivity contribution in [2.45, 2.75) is 50.7 Å². The number of fused-ring (bicyclic) bond motifs is 2. The van der Waals surface area contributed by atoms with Crippen LogP contribution in [0.2, 0.25) is 0 Å². The van der Waals surface area contributed by atoms with E-state index in [0.29, 0.717) is 12.0 Å². The third-order valence-corrected chi connectivity index (χ3v) is 7.76. The molecule has 36 heavy (non-hydrogen) atoms. The minimum absolute atomic E-state index is 0.143. The van der Waals surface area contributed by atoms with Gasteiger partial charge in [0.05, 0.1) is 5.69 Å². The summed E-state index contributed by atoms with van der Waals surface area (Å²) in [6.45, 7) is 2.75. The highest BCUT2D eigenvalue weighted by Crippen LogP contribution is 2.38. The zero-order valence-corrected chi connectivity index (χ0v) is 19.9. The molecule has 0 bridgehead atoms. The van der Waals surface area contributed by atoms with Crippen LogP contribution in [0.5, 0.6) is 0 Å². The Labute approximate surface area is 208 Å². The Balaban J connectivity index is 1.17. The van der Waals surface area contributed by atoms with Crippen LogP contribution >= 0.6 is 0 Å². The quantitative estimate of drug-likeness (QED) is 0.571. The molecular weight excluding hydrogens is 459 g/mol. The summed E-state index contributed by atoms with van der Waals surface area (Å²) in [6.07, 6.45) is 4.12. The summed E-state index contributed by atoms with van der Waals surface area (Å²) in [4.78, 5) is 45.6. The van der Waals surface area contributed by atoms with E-state index >= 15 is 0 Å². The standard InChI is InChI=1S/C28H27FN4O3/c29-20-12-22(24-16-33(28(36)23(24)13-20)25-5-6-26(34)31-27(25)35)17-7-9-32(10-8-17)15-21-11-18-3-1-2-4-19(18)14-30-21/h1-4,11-14,17,25H,5-10,15-16H2,(H,31,34,35). The van der Waals surface area contributed by atoms with Gasteiger partial charge in [-0.15, -0.1) is 0 Å². The topological polar surface area (TPSA) is 82.6 Å². The lowest BCUT2D eigenvalue weighted by Crippen LogP contribution is -2.52. The molecule has 184 valence electrons. The lowest BCUT2D eigenvalue weighted by Gasteiger charge is -2.33. The van der Waals surface area contributed by atoms with Gasteiger partial charge in [-0.1, -0.05) is 24.3 Å². The summed E-state index contributed by atoms with van der Waals surface area (Å²) in [7, 11) is 0. The molecular formula is C28H27FN4O3. The molecule has 3 aliphatic rings. The fourth-order valence-corrected chi connectivity index (χ4v) is 5.86. The zero-order chi connectivity index (χ0) is 24.8. The lowest BCUT2D eigenvalue weighted by atomic mass is 9.85. The fourth-order valence-electron chi connectivity index (χ4n) is 5.86. The number of rotatable bonds is 4. The predicted octanol–water partition coefficient (Wildman–Crippen LogP) is 3.51. The van der Waals surface area contributed by atoms with Gasteiger partial charge in [0.2, 0.25) is 11.8 Å². The molecule has 2 fully saturated rings. The predicted molar refractivity (Wildman–Crippen MR) is 131 cm³/mol. The SMILES string of the molecule is O=C1CCC(N2Cc3c(cc(F)cc3C3CCN(Cc4cc5ccccc5cn4)CC3)C2=O)C(=O)N1. The van der Waals surface area contributed by atoms with Crippen LogP contribution in [-0.2, 0) is 22.7 Å². The Hall–Kier alpha value is -3.65. The van der Waals surface area contributed by atoms with Gasteiger partial charge in [0.25, 0.3) is 5.91 Å². The van der Waals surface area contributed by atoms with Gasteiger partial charge in [-0.25, -0.2) is 4.39 Å². The molecule has 0 radical (unpaired) electrons. The first-order valence-electron chi connectivity index (χ1n) is 12.5. The number of imide groups is 1. The van der Waals surface area contributed by atoms with Crippen molar-refractivity contribution in [3.8, 4) is 0 Å². The van der Waals surface area contributed by atoms with Crippen molar-refractivity contribution in [2.24, 2.45) is 0 Å². The van der Waals surface area contributed by atoms with Crippen molar-refractivity contribution < 1.29 is 18.8 Å². The van der Waals surface area contributed by atoms with E-state index in [1.807, 2.05) is 18.3 Å². The number of aromatic nitrogens is 1. The average Bonchev–Trinajstić information content (AvgIpc) is 3.20. The van der Waals surface area contributed by atoms with Gasteiger partial charge in [-0.2, -0.15) is 0 Å². The first-order chi connectivity index (χ1) is 17.5. The van der Waals surface area contributed by atoms with Gasteiger partial charge in [0, 0.05) is 36.7 Å². The van der Waals surface area contributed by atoms with Crippen LogP contribution < -0.4 is 5.32 Å². The molecule has 2 aromatic carbocycles. The largest absolute Gasteiger partial charge is 0.322 e. The number of piperidine rings is 2. The van der Waals surface area contributed by atoms with Crippen molar-refractivity contribution in [1.82, 2.24) is 20.1 Å². The van der Waals surface area contributed by atoms with E-state index in [-0.39, 0.29) is 30.7 Å². The fraction of sp³-hybridized carbons (Fsp3) is 0.357. The maximum absolute atomic E-state index is 14.6. The van der Waals surface area contributed by atoms with Gasteiger partial charge >= 0.3 is 0 Å². The van der Waals surface area contributed by atoms with Crippen molar-refractivity contribution in [3.05, 3.63) is 76.9 Å². The van der Waals surface area contributed by atoms with E-state index in [2.05, 4.69) is 33.4 Å². The normalized spacial score (nSPS) is 21.2. The van der Waals surface area contributed by atoms with Gasteiger partial charge < -0.3 is 4.90 Å². The summed E-state index contributed by atoms with van der Waals surface area (Å²) < 4.78 is 14.6. The minimum atomic E-state index is -0.699. The second-order valence-corrected chi connectivity index (χ2v) is 9.99. The molecule has 1 atom stereocenters.